The van der Waals surface area contributed by atoms with E-state index in [2.05, 4.69) is 20.9 Å². The number of aromatic nitrogens is 4. The Morgan fingerprint density at radius 3 is 2.53 bits per heavy atom. The quantitative estimate of drug-likeness (QED) is 0.669. The maximum Gasteiger partial charge on any atom is 0.332 e. The second-order valence-corrected chi connectivity index (χ2v) is 4.92. The Morgan fingerprint density at radius 1 is 1.32 bits per heavy atom. The van der Waals surface area contributed by atoms with Gasteiger partial charge in [0.15, 0.2) is 15.9 Å². The molecule has 0 saturated heterocycles. The van der Waals surface area contributed by atoms with Crippen molar-refractivity contribution in [3.8, 4) is 0 Å². The van der Waals surface area contributed by atoms with E-state index in [0.29, 0.717) is 4.73 Å². The van der Waals surface area contributed by atoms with Crippen molar-refractivity contribution >= 4 is 27.1 Å². The molecule has 19 heavy (non-hydrogen) atoms. The molecule has 0 aromatic carbocycles. The van der Waals surface area contributed by atoms with Gasteiger partial charge in [-0.1, -0.05) is 0 Å². The highest BCUT2D eigenvalue weighted by molar-refractivity contribution is 9.10. The van der Waals surface area contributed by atoms with E-state index in [9.17, 15) is 14.7 Å². The minimum Gasteiger partial charge on any atom is -0.394 e. The van der Waals surface area contributed by atoms with Gasteiger partial charge in [-0.15, -0.1) is 0 Å². The fraction of sp³-hybridized carbons (Fsp3) is 0.500. The average molecular weight is 333 g/mol. The van der Waals surface area contributed by atoms with Gasteiger partial charge in [0.2, 0.25) is 0 Å². The number of imidazole rings is 1. The van der Waals surface area contributed by atoms with Crippen molar-refractivity contribution in [1.29, 1.82) is 0 Å². The molecule has 8 nitrogen and oxygen atoms in total. The molecule has 0 radical (unpaired) electrons. The van der Waals surface area contributed by atoms with Crippen LogP contribution in [-0.4, -0.2) is 41.6 Å². The van der Waals surface area contributed by atoms with E-state index in [1.165, 1.54) is 23.2 Å². The summed E-state index contributed by atoms with van der Waals surface area (Å²) in [5.41, 5.74) is -0.548. The van der Waals surface area contributed by atoms with Gasteiger partial charge >= 0.3 is 5.69 Å². The lowest BCUT2D eigenvalue weighted by molar-refractivity contribution is 0.0815. The molecule has 2 heterocycles. The topological polar surface area (TPSA) is 102 Å². The molecule has 2 aromatic rings. The fourth-order valence-electron chi connectivity index (χ4n) is 1.86. The van der Waals surface area contributed by atoms with E-state index in [4.69, 9.17) is 5.11 Å². The van der Waals surface area contributed by atoms with Crippen molar-refractivity contribution in [2.75, 3.05) is 6.61 Å². The lowest BCUT2D eigenvalue weighted by Gasteiger charge is -2.10. The molecule has 0 spiro atoms. The highest BCUT2D eigenvalue weighted by atomic mass is 79.9. The summed E-state index contributed by atoms with van der Waals surface area (Å²) in [5, 5.41) is 18.4. The molecule has 0 aliphatic carbocycles. The molecular weight excluding hydrogens is 320 g/mol. The van der Waals surface area contributed by atoms with Gasteiger partial charge in [0, 0.05) is 14.1 Å². The first-order valence-corrected chi connectivity index (χ1v) is 6.28. The Bertz CT molecular complexity index is 745. The number of fused-ring (bicyclic) bond motifs is 1. The second kappa shape index (κ2) is 4.91. The third kappa shape index (κ3) is 2.13. The molecule has 2 N–H and O–H groups in total. The first-order chi connectivity index (χ1) is 8.88. The van der Waals surface area contributed by atoms with E-state index in [0.717, 1.165) is 4.57 Å². The van der Waals surface area contributed by atoms with Gasteiger partial charge in [0.05, 0.1) is 19.3 Å². The summed E-state index contributed by atoms with van der Waals surface area (Å²) < 4.78 is 3.97. The summed E-state index contributed by atoms with van der Waals surface area (Å²) in [7, 11) is 2.88. The predicted molar refractivity (Wildman–Crippen MR) is 71.0 cm³/mol. The third-order valence-corrected chi connectivity index (χ3v) is 3.51. The molecule has 104 valence electrons. The number of hydrogen-bond donors (Lipinski definition) is 2. The highest BCUT2D eigenvalue weighted by Gasteiger charge is 2.19. The molecule has 1 atom stereocenters. The van der Waals surface area contributed by atoms with E-state index >= 15 is 0 Å². The lowest BCUT2D eigenvalue weighted by atomic mass is 10.3. The largest absolute Gasteiger partial charge is 0.394 e. The number of aliphatic hydroxyl groups excluding tert-OH is 2. The van der Waals surface area contributed by atoms with Gasteiger partial charge in [0.25, 0.3) is 5.56 Å². The highest BCUT2D eigenvalue weighted by Crippen LogP contribution is 2.16. The van der Waals surface area contributed by atoms with Crippen molar-refractivity contribution in [2.45, 2.75) is 12.6 Å². The molecule has 2 aromatic heterocycles. The number of nitrogens with zero attached hydrogens (tertiary/aromatic N) is 4. The molecular formula is C10H13BrN4O4. The molecule has 0 fully saturated rings. The van der Waals surface area contributed by atoms with Gasteiger partial charge in [-0.05, 0) is 15.9 Å². The summed E-state index contributed by atoms with van der Waals surface area (Å²) in [6.45, 7) is -0.431. The molecule has 0 aliphatic heterocycles. The van der Waals surface area contributed by atoms with Crippen molar-refractivity contribution in [1.82, 2.24) is 18.7 Å². The lowest BCUT2D eigenvalue weighted by Crippen LogP contribution is -2.38. The first kappa shape index (κ1) is 14.0. The maximum absolute atomic E-state index is 12.1. The Labute approximate surface area is 115 Å². The van der Waals surface area contributed by atoms with Gasteiger partial charge in [-0.25, -0.2) is 9.78 Å². The minimum absolute atomic E-state index is 0.00102. The van der Waals surface area contributed by atoms with Gasteiger partial charge in [-0.3, -0.25) is 13.9 Å². The van der Waals surface area contributed by atoms with Crippen molar-refractivity contribution in [2.24, 2.45) is 14.1 Å². The van der Waals surface area contributed by atoms with Crippen LogP contribution in [0.15, 0.2) is 14.3 Å². The number of aryl methyl sites for hydroxylation is 1. The molecule has 0 unspecified atom stereocenters. The van der Waals surface area contributed by atoms with Crippen molar-refractivity contribution in [3.63, 3.8) is 0 Å². The van der Waals surface area contributed by atoms with Crippen LogP contribution in [0.25, 0.3) is 11.2 Å². The standard InChI is InChI=1S/C10H13BrN4O4/c1-13-7-6(8(18)14(2)10(13)19)15(9(11)12-7)3-5(17)4-16/h5,16-17H,3-4H2,1-2H3/t5-/m1/s1. The Kier molecular flexibility index (Phi) is 3.61. The van der Waals surface area contributed by atoms with Crippen LogP contribution in [0, 0.1) is 0 Å². The predicted octanol–water partition coefficient (Wildman–Crippen LogP) is -1.45. The summed E-state index contributed by atoms with van der Waals surface area (Å²) in [6.07, 6.45) is -1.02. The van der Waals surface area contributed by atoms with Gasteiger partial charge in [-0.2, -0.15) is 0 Å². The molecule has 0 bridgehead atoms. The van der Waals surface area contributed by atoms with Crippen LogP contribution in [0.3, 0.4) is 0 Å². The summed E-state index contributed by atoms with van der Waals surface area (Å²) >= 11 is 3.18. The molecule has 9 heteroatoms. The zero-order valence-electron chi connectivity index (χ0n) is 10.4. The van der Waals surface area contributed by atoms with Crippen LogP contribution in [0.4, 0.5) is 0 Å². The normalized spacial score (nSPS) is 13.1. The number of halogens is 1. The summed E-state index contributed by atoms with van der Waals surface area (Å²) in [4.78, 5) is 28.0. The van der Waals surface area contributed by atoms with Crippen LogP contribution in [0.1, 0.15) is 0 Å². The summed E-state index contributed by atoms with van der Waals surface area (Å²) in [5.74, 6) is 0. The Hall–Kier alpha value is -1.45. The van der Waals surface area contributed by atoms with E-state index < -0.39 is 24.0 Å². The first-order valence-electron chi connectivity index (χ1n) is 5.49. The summed E-state index contributed by atoms with van der Waals surface area (Å²) in [6, 6.07) is 0. The Morgan fingerprint density at radius 2 is 1.95 bits per heavy atom. The molecule has 0 saturated carbocycles. The van der Waals surface area contributed by atoms with Crippen molar-refractivity contribution < 1.29 is 10.2 Å². The van der Waals surface area contributed by atoms with E-state index in [1.807, 2.05) is 0 Å². The number of aliphatic hydroxyl groups is 2. The van der Waals surface area contributed by atoms with E-state index in [-0.39, 0.29) is 17.7 Å². The zero-order valence-corrected chi connectivity index (χ0v) is 12.0. The number of rotatable bonds is 3. The monoisotopic (exact) mass is 332 g/mol. The minimum atomic E-state index is -1.02. The van der Waals surface area contributed by atoms with Crippen LogP contribution in [0.2, 0.25) is 0 Å². The molecule has 0 aliphatic rings. The Balaban J connectivity index is 2.83. The molecule has 2 rings (SSSR count). The fourth-order valence-corrected chi connectivity index (χ4v) is 2.35. The maximum atomic E-state index is 12.1. The van der Waals surface area contributed by atoms with Crippen LogP contribution >= 0.6 is 15.9 Å². The zero-order chi connectivity index (χ0) is 14.3. The number of hydrogen-bond acceptors (Lipinski definition) is 5. The van der Waals surface area contributed by atoms with E-state index in [1.54, 1.807) is 0 Å². The van der Waals surface area contributed by atoms with Crippen LogP contribution < -0.4 is 11.2 Å². The van der Waals surface area contributed by atoms with Crippen LogP contribution in [0.5, 0.6) is 0 Å². The SMILES string of the molecule is Cn1c(=O)c2c(nc(Br)n2C[C@@H](O)CO)n(C)c1=O. The average Bonchev–Trinajstić information content (AvgIpc) is 2.71. The van der Waals surface area contributed by atoms with Crippen LogP contribution in [-0.2, 0) is 20.6 Å². The van der Waals surface area contributed by atoms with Gasteiger partial charge < -0.3 is 14.8 Å². The van der Waals surface area contributed by atoms with Gasteiger partial charge in [0.1, 0.15) is 0 Å². The molecule has 0 amide bonds. The third-order valence-electron chi connectivity index (χ3n) is 2.91. The second-order valence-electron chi connectivity index (χ2n) is 4.21. The smallest absolute Gasteiger partial charge is 0.332 e. The van der Waals surface area contributed by atoms with Crippen molar-refractivity contribution in [3.05, 3.63) is 25.6 Å².